The maximum absolute atomic E-state index is 5.63. The van der Waals surface area contributed by atoms with E-state index in [0.717, 1.165) is 71.0 Å². The topological polar surface area (TPSA) is 90.7 Å². The van der Waals surface area contributed by atoms with E-state index in [1.165, 1.54) is 0 Å². The van der Waals surface area contributed by atoms with Crippen LogP contribution >= 0.6 is 0 Å². The van der Waals surface area contributed by atoms with Crippen molar-refractivity contribution in [1.82, 2.24) is 24.7 Å². The molecule has 1 atom stereocenters. The van der Waals surface area contributed by atoms with Gasteiger partial charge in [-0.2, -0.15) is 10.1 Å². The summed E-state index contributed by atoms with van der Waals surface area (Å²) in [5.74, 6) is 3.12. The molecule has 1 unspecified atom stereocenters. The van der Waals surface area contributed by atoms with Gasteiger partial charge in [-0.3, -0.25) is 9.67 Å². The molecule has 0 bridgehead atoms. The molecule has 0 aliphatic carbocycles. The van der Waals surface area contributed by atoms with Crippen molar-refractivity contribution in [3.63, 3.8) is 0 Å². The van der Waals surface area contributed by atoms with Crippen LogP contribution in [0.25, 0.3) is 22.0 Å². The van der Waals surface area contributed by atoms with Gasteiger partial charge in [0.1, 0.15) is 11.5 Å². The molecule has 5 aromatic rings. The lowest BCUT2D eigenvalue weighted by Crippen LogP contribution is -2.28. The van der Waals surface area contributed by atoms with Crippen LogP contribution in [0.15, 0.2) is 73.3 Å². The van der Waals surface area contributed by atoms with E-state index in [4.69, 9.17) is 19.2 Å². The highest BCUT2D eigenvalue weighted by molar-refractivity contribution is 5.87. The highest BCUT2D eigenvalue weighted by Crippen LogP contribution is 2.36. The van der Waals surface area contributed by atoms with Gasteiger partial charge < -0.3 is 24.0 Å². The Labute approximate surface area is 239 Å². The van der Waals surface area contributed by atoms with Gasteiger partial charge in [0.05, 0.1) is 33.0 Å². The number of pyridine rings is 1. The van der Waals surface area contributed by atoms with E-state index in [0.29, 0.717) is 17.7 Å². The third-order valence-corrected chi connectivity index (χ3v) is 7.50. The minimum atomic E-state index is 0.373. The first-order chi connectivity index (χ1) is 20.0. The molecular formula is C31H33N7O3. The molecule has 1 saturated heterocycles. The molecular weight excluding hydrogens is 518 g/mol. The van der Waals surface area contributed by atoms with Crippen LogP contribution < -0.4 is 24.0 Å². The molecule has 0 amide bonds. The van der Waals surface area contributed by atoms with Gasteiger partial charge in [-0.1, -0.05) is 0 Å². The lowest BCUT2D eigenvalue weighted by atomic mass is 10.1. The molecule has 4 heterocycles. The monoisotopic (exact) mass is 551 g/mol. The molecule has 1 fully saturated rings. The zero-order valence-electron chi connectivity index (χ0n) is 23.7. The molecule has 210 valence electrons. The number of anilines is 3. The molecule has 41 heavy (non-hydrogen) atoms. The average Bonchev–Trinajstić information content (AvgIpc) is 3.68. The highest BCUT2D eigenvalue weighted by Gasteiger charge is 2.28. The summed E-state index contributed by atoms with van der Waals surface area (Å²) in [6.45, 7) is 2.51. The average molecular weight is 552 g/mol. The predicted molar refractivity (Wildman–Crippen MR) is 159 cm³/mol. The van der Waals surface area contributed by atoms with Gasteiger partial charge in [0.2, 0.25) is 11.8 Å². The van der Waals surface area contributed by atoms with E-state index >= 15 is 0 Å². The molecule has 3 aromatic heterocycles. The second-order valence-corrected chi connectivity index (χ2v) is 10.2. The molecule has 6 rings (SSSR count). The van der Waals surface area contributed by atoms with Crippen molar-refractivity contribution in [3.8, 4) is 28.5 Å². The molecule has 10 nitrogen and oxygen atoms in total. The summed E-state index contributed by atoms with van der Waals surface area (Å²) in [6, 6.07) is 16.3. The molecule has 0 N–H and O–H groups in total. The van der Waals surface area contributed by atoms with Gasteiger partial charge in [0.15, 0.2) is 0 Å². The number of rotatable bonds is 9. The van der Waals surface area contributed by atoms with Gasteiger partial charge in [-0.05, 0) is 36.6 Å². The normalized spacial score (nSPS) is 14.8. The molecule has 0 saturated carbocycles. The van der Waals surface area contributed by atoms with Gasteiger partial charge in [0, 0.05) is 97.4 Å². The maximum atomic E-state index is 5.63. The van der Waals surface area contributed by atoms with E-state index in [-0.39, 0.29) is 0 Å². The Morgan fingerprint density at radius 1 is 0.878 bits per heavy atom. The number of aromatic nitrogens is 5. The lowest BCUT2D eigenvalue weighted by molar-refractivity contribution is 0.394. The van der Waals surface area contributed by atoms with Crippen molar-refractivity contribution in [2.45, 2.75) is 6.42 Å². The largest absolute Gasteiger partial charge is 0.497 e. The van der Waals surface area contributed by atoms with Crippen molar-refractivity contribution in [2.24, 2.45) is 13.0 Å². The number of benzene rings is 2. The number of hydrogen-bond acceptors (Lipinski definition) is 9. The summed E-state index contributed by atoms with van der Waals surface area (Å²) in [7, 11) is 6.89. The molecule has 1 aliphatic rings. The van der Waals surface area contributed by atoms with Crippen molar-refractivity contribution in [1.29, 1.82) is 0 Å². The first-order valence-electron chi connectivity index (χ1n) is 13.5. The molecule has 2 aromatic carbocycles. The van der Waals surface area contributed by atoms with Crippen molar-refractivity contribution < 1.29 is 14.2 Å². The second-order valence-electron chi connectivity index (χ2n) is 10.2. The first kappa shape index (κ1) is 26.4. The van der Waals surface area contributed by atoms with E-state index in [2.05, 4.69) is 61.3 Å². The third-order valence-electron chi connectivity index (χ3n) is 7.50. The van der Waals surface area contributed by atoms with Crippen LogP contribution in [0.4, 0.5) is 17.3 Å². The van der Waals surface area contributed by atoms with Gasteiger partial charge >= 0.3 is 0 Å². The smallest absolute Gasteiger partial charge is 0.228 e. The van der Waals surface area contributed by atoms with Crippen LogP contribution in [0, 0.1) is 5.92 Å². The summed E-state index contributed by atoms with van der Waals surface area (Å²) in [6.07, 6.45) is 8.51. The fourth-order valence-electron chi connectivity index (χ4n) is 5.34. The van der Waals surface area contributed by atoms with Crippen molar-refractivity contribution in [2.75, 3.05) is 50.8 Å². The van der Waals surface area contributed by atoms with Crippen LogP contribution in [0.1, 0.15) is 6.42 Å². The Morgan fingerprint density at radius 3 is 2.44 bits per heavy atom. The standard InChI is InChI=1S/C31H33N7O3/c1-36-20-24(17-34-36)23-11-22-12-25(5-6-29(22)33-16-23)38(26-13-27(39-2)15-28(14-26)40-3)19-21-8-10-37(18-21)31-32-9-7-30(35-31)41-4/h5-7,9,11-17,20-21H,8,10,18-19H2,1-4H3. The summed E-state index contributed by atoms with van der Waals surface area (Å²) in [5, 5.41) is 5.38. The van der Waals surface area contributed by atoms with Crippen LogP contribution in [-0.4, -0.2) is 65.7 Å². The van der Waals surface area contributed by atoms with Gasteiger partial charge in [-0.15, -0.1) is 0 Å². The van der Waals surface area contributed by atoms with Crippen LogP contribution in [-0.2, 0) is 7.05 Å². The van der Waals surface area contributed by atoms with Crippen molar-refractivity contribution in [3.05, 3.63) is 73.3 Å². The molecule has 1 aliphatic heterocycles. The third kappa shape index (κ3) is 5.58. The summed E-state index contributed by atoms with van der Waals surface area (Å²) in [5.41, 5.74) is 5.06. The Bertz CT molecular complexity index is 1650. The second kappa shape index (κ2) is 11.3. The number of aryl methyl sites for hydroxylation is 1. The fourth-order valence-corrected chi connectivity index (χ4v) is 5.34. The first-order valence-corrected chi connectivity index (χ1v) is 13.5. The number of nitrogens with zero attached hydrogens (tertiary/aromatic N) is 7. The number of hydrogen-bond donors (Lipinski definition) is 0. The summed E-state index contributed by atoms with van der Waals surface area (Å²) < 4.78 is 18.4. The quantitative estimate of drug-likeness (QED) is 0.248. The van der Waals surface area contributed by atoms with Crippen molar-refractivity contribution >= 4 is 28.2 Å². The van der Waals surface area contributed by atoms with Crippen LogP contribution in [0.2, 0.25) is 0 Å². The number of fused-ring (bicyclic) bond motifs is 1. The SMILES string of the molecule is COc1cc(OC)cc(N(CC2CCN(c3nccc(OC)n3)C2)c2ccc3ncc(-c4cnn(C)c4)cc3c2)c1. The minimum absolute atomic E-state index is 0.373. The Morgan fingerprint density at radius 2 is 1.71 bits per heavy atom. The Balaban J connectivity index is 1.35. The number of ether oxygens (including phenoxy) is 3. The zero-order valence-corrected chi connectivity index (χ0v) is 23.7. The molecule has 0 radical (unpaired) electrons. The minimum Gasteiger partial charge on any atom is -0.497 e. The van der Waals surface area contributed by atoms with E-state index in [1.54, 1.807) is 38.3 Å². The molecule has 0 spiro atoms. The predicted octanol–water partition coefficient (Wildman–Crippen LogP) is 5.12. The maximum Gasteiger partial charge on any atom is 0.228 e. The van der Waals surface area contributed by atoms with E-state index in [9.17, 15) is 0 Å². The van der Waals surface area contributed by atoms with Crippen LogP contribution in [0.5, 0.6) is 17.4 Å². The summed E-state index contributed by atoms with van der Waals surface area (Å²) in [4.78, 5) is 18.3. The lowest BCUT2D eigenvalue weighted by Gasteiger charge is -2.29. The van der Waals surface area contributed by atoms with Gasteiger partial charge in [-0.25, -0.2) is 4.98 Å². The van der Waals surface area contributed by atoms with Crippen LogP contribution in [0.3, 0.4) is 0 Å². The van der Waals surface area contributed by atoms with E-state index in [1.807, 2.05) is 31.7 Å². The summed E-state index contributed by atoms with van der Waals surface area (Å²) >= 11 is 0. The number of methoxy groups -OCH3 is 3. The molecule has 10 heteroatoms. The Kier molecular flexibility index (Phi) is 7.28. The fraction of sp³-hybridized carbons (Fsp3) is 0.290. The Hall–Kier alpha value is -4.86. The van der Waals surface area contributed by atoms with E-state index < -0.39 is 0 Å². The highest BCUT2D eigenvalue weighted by atomic mass is 16.5. The zero-order chi connectivity index (χ0) is 28.3. The van der Waals surface area contributed by atoms with Gasteiger partial charge in [0.25, 0.3) is 0 Å².